The molecule has 2 aromatic rings. The third-order valence-corrected chi connectivity index (χ3v) is 4.15. The molecule has 0 saturated carbocycles. The van der Waals surface area contributed by atoms with Gasteiger partial charge in [-0.05, 0) is 36.6 Å². The van der Waals surface area contributed by atoms with Crippen LogP contribution in [0, 0.1) is 5.92 Å². The molecule has 0 aliphatic rings. The Morgan fingerprint density at radius 1 is 1.30 bits per heavy atom. The molecule has 1 unspecified atom stereocenters. The molecule has 2 N–H and O–H groups in total. The van der Waals surface area contributed by atoms with Crippen molar-refractivity contribution in [1.82, 2.24) is 9.88 Å². The van der Waals surface area contributed by atoms with Gasteiger partial charge in [0.1, 0.15) is 6.04 Å². The molecular formula is C17H21BrN2O3. The smallest absolute Gasteiger partial charge is 0.326 e. The number of hydrogen-bond donors (Lipinski definition) is 2. The Morgan fingerprint density at radius 2 is 2.04 bits per heavy atom. The van der Waals surface area contributed by atoms with Crippen LogP contribution < -0.4 is 5.32 Å². The zero-order chi connectivity index (χ0) is 17.0. The number of amides is 1. The fourth-order valence-corrected chi connectivity index (χ4v) is 2.93. The number of carboxylic acids is 1. The average molecular weight is 381 g/mol. The fourth-order valence-electron chi connectivity index (χ4n) is 2.55. The molecule has 0 aliphatic heterocycles. The Labute approximate surface area is 143 Å². The van der Waals surface area contributed by atoms with Crippen LogP contribution in [0.4, 0.5) is 0 Å². The predicted octanol–water partition coefficient (Wildman–Crippen LogP) is 3.41. The lowest BCUT2D eigenvalue weighted by Gasteiger charge is -2.16. The van der Waals surface area contributed by atoms with Crippen LogP contribution in [0.25, 0.3) is 10.9 Å². The van der Waals surface area contributed by atoms with Gasteiger partial charge in [-0.15, -0.1) is 0 Å². The molecule has 1 heterocycles. The van der Waals surface area contributed by atoms with E-state index in [2.05, 4.69) is 21.2 Å². The molecule has 0 aliphatic carbocycles. The Balaban J connectivity index is 1.96. The van der Waals surface area contributed by atoms with Crippen LogP contribution in [0.1, 0.15) is 26.7 Å². The molecular weight excluding hydrogens is 360 g/mol. The van der Waals surface area contributed by atoms with Gasteiger partial charge in [0.2, 0.25) is 5.91 Å². The summed E-state index contributed by atoms with van der Waals surface area (Å²) in [5, 5.41) is 12.9. The van der Waals surface area contributed by atoms with Crippen molar-refractivity contribution in [2.24, 2.45) is 5.92 Å². The maximum Gasteiger partial charge on any atom is 0.326 e. The standard InChI is InChI=1S/C17H21BrN2O3/c1-11(2)9-14(17(22)23)19-16(21)6-8-20-7-5-12-10-13(18)3-4-15(12)20/h3-5,7,10-11,14H,6,8-9H2,1-2H3,(H,19,21)(H,22,23). The van der Waals surface area contributed by atoms with Gasteiger partial charge >= 0.3 is 5.97 Å². The average Bonchev–Trinajstić information content (AvgIpc) is 2.86. The first-order chi connectivity index (χ1) is 10.9. The first kappa shape index (κ1) is 17.5. The Hall–Kier alpha value is -1.82. The zero-order valence-electron chi connectivity index (χ0n) is 13.3. The van der Waals surface area contributed by atoms with Crippen molar-refractivity contribution >= 4 is 38.7 Å². The monoisotopic (exact) mass is 380 g/mol. The maximum absolute atomic E-state index is 12.0. The molecule has 1 aromatic carbocycles. The molecule has 6 heteroatoms. The van der Waals surface area contributed by atoms with Crippen molar-refractivity contribution < 1.29 is 14.7 Å². The van der Waals surface area contributed by atoms with Crippen molar-refractivity contribution in [3.8, 4) is 0 Å². The van der Waals surface area contributed by atoms with E-state index in [-0.39, 0.29) is 18.2 Å². The van der Waals surface area contributed by atoms with Gasteiger partial charge in [0.05, 0.1) is 0 Å². The van der Waals surface area contributed by atoms with Crippen molar-refractivity contribution in [2.45, 2.75) is 39.3 Å². The van der Waals surface area contributed by atoms with Crippen LogP contribution in [-0.2, 0) is 16.1 Å². The Bertz CT molecular complexity index is 709. The van der Waals surface area contributed by atoms with E-state index in [1.54, 1.807) is 0 Å². The van der Waals surface area contributed by atoms with Gasteiger partial charge in [-0.3, -0.25) is 4.79 Å². The van der Waals surface area contributed by atoms with Crippen molar-refractivity contribution in [1.29, 1.82) is 0 Å². The molecule has 0 spiro atoms. The minimum Gasteiger partial charge on any atom is -0.480 e. The van der Waals surface area contributed by atoms with E-state index in [4.69, 9.17) is 5.11 Å². The number of benzene rings is 1. The highest BCUT2D eigenvalue weighted by atomic mass is 79.9. The highest BCUT2D eigenvalue weighted by Crippen LogP contribution is 2.21. The highest BCUT2D eigenvalue weighted by Gasteiger charge is 2.20. The Kier molecular flexibility index (Phi) is 5.82. The molecule has 1 aromatic heterocycles. The number of fused-ring (bicyclic) bond motifs is 1. The van der Waals surface area contributed by atoms with Gasteiger partial charge in [0, 0.05) is 34.5 Å². The molecule has 0 bridgehead atoms. The summed E-state index contributed by atoms with van der Waals surface area (Å²) in [6.45, 7) is 4.39. The SMILES string of the molecule is CC(C)CC(NC(=O)CCn1ccc2cc(Br)ccc21)C(=O)O. The molecule has 0 saturated heterocycles. The van der Waals surface area contributed by atoms with Crippen molar-refractivity contribution in [3.05, 3.63) is 34.9 Å². The number of hydrogen-bond acceptors (Lipinski definition) is 2. The van der Waals surface area contributed by atoms with Gasteiger partial charge in [-0.25, -0.2) is 4.79 Å². The van der Waals surface area contributed by atoms with E-state index in [1.165, 1.54) is 0 Å². The topological polar surface area (TPSA) is 71.3 Å². The number of nitrogens with one attached hydrogen (secondary N) is 1. The van der Waals surface area contributed by atoms with E-state index in [0.717, 1.165) is 15.4 Å². The lowest BCUT2D eigenvalue weighted by Crippen LogP contribution is -2.41. The van der Waals surface area contributed by atoms with Crippen molar-refractivity contribution in [3.63, 3.8) is 0 Å². The summed E-state index contributed by atoms with van der Waals surface area (Å²) in [6.07, 6.45) is 2.62. The quantitative estimate of drug-likeness (QED) is 0.772. The molecule has 0 fully saturated rings. The molecule has 5 nitrogen and oxygen atoms in total. The van der Waals surface area contributed by atoms with Crippen molar-refractivity contribution in [2.75, 3.05) is 0 Å². The molecule has 1 amide bonds. The summed E-state index contributed by atoms with van der Waals surface area (Å²) >= 11 is 3.44. The van der Waals surface area contributed by atoms with Crippen LogP contribution >= 0.6 is 15.9 Å². The van der Waals surface area contributed by atoms with E-state index < -0.39 is 12.0 Å². The lowest BCUT2D eigenvalue weighted by molar-refractivity contribution is -0.142. The second-order valence-electron chi connectivity index (χ2n) is 6.05. The Morgan fingerprint density at radius 3 is 2.70 bits per heavy atom. The number of rotatable bonds is 7. The summed E-state index contributed by atoms with van der Waals surface area (Å²) in [7, 11) is 0. The lowest BCUT2D eigenvalue weighted by atomic mass is 10.0. The van der Waals surface area contributed by atoms with Gasteiger partial charge in [0.25, 0.3) is 0 Å². The van der Waals surface area contributed by atoms with Gasteiger partial charge in [-0.1, -0.05) is 29.8 Å². The largest absolute Gasteiger partial charge is 0.480 e. The summed E-state index contributed by atoms with van der Waals surface area (Å²) in [4.78, 5) is 23.2. The number of aromatic nitrogens is 1. The maximum atomic E-state index is 12.0. The van der Waals surface area contributed by atoms with E-state index >= 15 is 0 Å². The molecule has 2 rings (SSSR count). The third kappa shape index (κ3) is 4.82. The number of carboxylic acid groups (broad SMARTS) is 1. The minimum atomic E-state index is -0.983. The predicted molar refractivity (Wildman–Crippen MR) is 93.3 cm³/mol. The zero-order valence-corrected chi connectivity index (χ0v) is 14.8. The highest BCUT2D eigenvalue weighted by molar-refractivity contribution is 9.10. The minimum absolute atomic E-state index is 0.211. The van der Waals surface area contributed by atoms with E-state index in [0.29, 0.717) is 13.0 Å². The molecule has 23 heavy (non-hydrogen) atoms. The molecule has 1 atom stereocenters. The molecule has 0 radical (unpaired) electrons. The number of aryl methyl sites for hydroxylation is 1. The van der Waals surface area contributed by atoms with Crippen LogP contribution in [0.5, 0.6) is 0 Å². The number of nitrogens with zero attached hydrogens (tertiary/aromatic N) is 1. The van der Waals surface area contributed by atoms with Gasteiger partial charge in [-0.2, -0.15) is 0 Å². The number of halogens is 1. The second-order valence-corrected chi connectivity index (χ2v) is 6.97. The van der Waals surface area contributed by atoms with Gasteiger partial charge < -0.3 is 15.0 Å². The van der Waals surface area contributed by atoms with Crippen LogP contribution in [0.2, 0.25) is 0 Å². The van der Waals surface area contributed by atoms with E-state index in [9.17, 15) is 9.59 Å². The fraction of sp³-hybridized carbons (Fsp3) is 0.412. The van der Waals surface area contributed by atoms with Crippen LogP contribution in [0.15, 0.2) is 34.9 Å². The number of aliphatic carboxylic acids is 1. The second kappa shape index (κ2) is 7.64. The first-order valence-corrected chi connectivity index (χ1v) is 8.42. The van der Waals surface area contributed by atoms with Crippen LogP contribution in [-0.4, -0.2) is 27.6 Å². The molecule has 124 valence electrons. The van der Waals surface area contributed by atoms with E-state index in [1.807, 2.05) is 48.9 Å². The summed E-state index contributed by atoms with van der Waals surface area (Å²) < 4.78 is 3.01. The third-order valence-electron chi connectivity index (χ3n) is 3.65. The van der Waals surface area contributed by atoms with Gasteiger partial charge in [0.15, 0.2) is 0 Å². The number of carbonyl (C=O) groups excluding carboxylic acids is 1. The summed E-state index contributed by atoms with van der Waals surface area (Å²) in [5.74, 6) is -1.01. The first-order valence-electron chi connectivity index (χ1n) is 7.63. The normalized spacial score (nSPS) is 12.5. The summed E-state index contributed by atoms with van der Waals surface area (Å²) in [5.41, 5.74) is 1.05. The van der Waals surface area contributed by atoms with Crippen LogP contribution in [0.3, 0.4) is 0 Å². The summed E-state index contributed by atoms with van der Waals surface area (Å²) in [6, 6.07) is 7.16. The number of carbonyl (C=O) groups is 2.